The first-order valence-corrected chi connectivity index (χ1v) is 9.32. The van der Waals surface area contributed by atoms with Crippen molar-refractivity contribution in [2.24, 2.45) is 0 Å². The van der Waals surface area contributed by atoms with Gasteiger partial charge in [-0.05, 0) is 42.4 Å². The zero-order valence-electron chi connectivity index (χ0n) is 16.3. The van der Waals surface area contributed by atoms with Crippen LogP contribution in [-0.4, -0.2) is 15.2 Å². The fourth-order valence-electron chi connectivity index (χ4n) is 3.51. The second-order valence-corrected chi connectivity index (χ2v) is 7.40. The molecule has 3 nitrogen and oxygen atoms in total. The van der Waals surface area contributed by atoms with Crippen molar-refractivity contribution < 1.29 is 10.2 Å². The normalized spacial score (nSPS) is 12.8. The highest BCUT2D eigenvalue weighted by Crippen LogP contribution is 2.42. The van der Waals surface area contributed by atoms with Crippen molar-refractivity contribution in [2.75, 3.05) is 0 Å². The highest BCUT2D eigenvalue weighted by molar-refractivity contribution is 5.78. The van der Waals surface area contributed by atoms with E-state index in [0.29, 0.717) is 0 Å². The summed E-state index contributed by atoms with van der Waals surface area (Å²) in [5.41, 5.74) is 5.76. The Kier molecular flexibility index (Phi) is 6.23. The number of nitrogens with zero attached hydrogens (tertiary/aromatic N) is 1. The monoisotopic (exact) mass is 341 g/mol. The number of rotatable bonds is 6. The lowest BCUT2D eigenvalue weighted by molar-refractivity contribution is 0.197. The number of aliphatic hydroxyl groups excluding tert-OH is 1. The Labute approximate surface area is 151 Å². The van der Waals surface area contributed by atoms with E-state index in [1.807, 2.05) is 18.2 Å². The number of aliphatic hydroxyl groups is 1. The van der Waals surface area contributed by atoms with E-state index in [9.17, 15) is 10.2 Å². The first-order chi connectivity index (χ1) is 11.8. The van der Waals surface area contributed by atoms with Crippen LogP contribution in [-0.2, 0) is 6.42 Å². The lowest BCUT2D eigenvalue weighted by Gasteiger charge is -2.26. The van der Waals surface area contributed by atoms with Crippen LogP contribution in [0.1, 0.15) is 88.4 Å². The van der Waals surface area contributed by atoms with E-state index in [1.165, 1.54) is 0 Å². The molecule has 0 fully saturated rings. The number of aromatic hydroxyl groups is 1. The van der Waals surface area contributed by atoms with Crippen LogP contribution in [0.3, 0.4) is 0 Å². The molecule has 2 rings (SSSR count). The van der Waals surface area contributed by atoms with Crippen LogP contribution < -0.4 is 0 Å². The molecule has 1 aromatic carbocycles. The van der Waals surface area contributed by atoms with Crippen LogP contribution in [0.4, 0.5) is 0 Å². The van der Waals surface area contributed by atoms with Gasteiger partial charge in [0.2, 0.25) is 0 Å². The van der Waals surface area contributed by atoms with Gasteiger partial charge in [0.05, 0.1) is 6.10 Å². The summed E-state index contributed by atoms with van der Waals surface area (Å²) < 4.78 is 0. The number of aromatic nitrogens is 1. The molecule has 2 N–H and O–H groups in total. The minimum Gasteiger partial charge on any atom is -0.507 e. The van der Waals surface area contributed by atoms with Gasteiger partial charge in [0, 0.05) is 22.5 Å². The van der Waals surface area contributed by atoms with Gasteiger partial charge in [-0.1, -0.05) is 59.2 Å². The molecule has 0 aliphatic carbocycles. The molecule has 0 aliphatic heterocycles. The second-order valence-electron chi connectivity index (χ2n) is 7.40. The topological polar surface area (TPSA) is 53.4 Å². The molecular formula is C22H31NO2. The molecule has 0 radical (unpaired) electrons. The molecule has 0 saturated carbocycles. The van der Waals surface area contributed by atoms with Gasteiger partial charge in [0.1, 0.15) is 5.75 Å². The third-order valence-corrected chi connectivity index (χ3v) is 4.58. The Morgan fingerprint density at radius 3 is 2.04 bits per heavy atom. The molecule has 0 saturated heterocycles. The maximum atomic E-state index is 10.6. The minimum absolute atomic E-state index is 0.197. The summed E-state index contributed by atoms with van der Waals surface area (Å²) in [6.07, 6.45) is 1.22. The van der Waals surface area contributed by atoms with E-state index in [1.54, 1.807) is 13.0 Å². The Balaban J connectivity index is 2.99. The van der Waals surface area contributed by atoms with E-state index in [0.717, 1.165) is 46.5 Å². The van der Waals surface area contributed by atoms with Crippen molar-refractivity contribution in [3.05, 3.63) is 46.8 Å². The quantitative estimate of drug-likeness (QED) is 0.708. The smallest absolute Gasteiger partial charge is 0.123 e. The van der Waals surface area contributed by atoms with Crippen molar-refractivity contribution in [2.45, 2.75) is 72.3 Å². The summed E-state index contributed by atoms with van der Waals surface area (Å²) in [4.78, 5) is 4.99. The Hall–Kier alpha value is -1.87. The van der Waals surface area contributed by atoms with Gasteiger partial charge in [-0.2, -0.15) is 0 Å². The number of hydrogen-bond donors (Lipinski definition) is 2. The van der Waals surface area contributed by atoms with Gasteiger partial charge in [-0.15, -0.1) is 0 Å². The van der Waals surface area contributed by atoms with E-state index < -0.39 is 6.10 Å². The Morgan fingerprint density at radius 1 is 0.960 bits per heavy atom. The third-order valence-electron chi connectivity index (χ3n) is 4.58. The van der Waals surface area contributed by atoms with Crippen LogP contribution in [0.25, 0.3) is 11.1 Å². The number of pyridine rings is 1. The van der Waals surface area contributed by atoms with Crippen LogP contribution in [0.2, 0.25) is 0 Å². The zero-order valence-corrected chi connectivity index (χ0v) is 16.3. The highest BCUT2D eigenvalue weighted by atomic mass is 16.3. The van der Waals surface area contributed by atoms with Crippen LogP contribution in [0.5, 0.6) is 5.75 Å². The van der Waals surface area contributed by atoms with Crippen molar-refractivity contribution in [1.29, 1.82) is 0 Å². The molecule has 25 heavy (non-hydrogen) atoms. The fraction of sp³-hybridized carbons (Fsp3) is 0.500. The van der Waals surface area contributed by atoms with Crippen molar-refractivity contribution in [1.82, 2.24) is 4.98 Å². The molecule has 1 unspecified atom stereocenters. The molecule has 1 atom stereocenters. The first kappa shape index (κ1) is 19.5. The van der Waals surface area contributed by atoms with Gasteiger partial charge in [-0.25, -0.2) is 0 Å². The standard InChI is InChI=1S/C22H31NO2/c1-7-10-17-20(16-11-8-9-12-18(16)25)19(15(6)24)22(14(4)5)23-21(17)13(2)3/h8-9,11-15,24-25H,7,10H2,1-6H3. The highest BCUT2D eigenvalue weighted by Gasteiger charge is 2.26. The molecule has 136 valence electrons. The number of phenols is 1. The van der Waals surface area contributed by atoms with Crippen LogP contribution in [0.15, 0.2) is 24.3 Å². The summed E-state index contributed by atoms with van der Waals surface area (Å²) in [5.74, 6) is 0.728. The summed E-state index contributed by atoms with van der Waals surface area (Å²) in [6.45, 7) is 12.5. The molecule has 1 aromatic heterocycles. The van der Waals surface area contributed by atoms with Crippen LogP contribution >= 0.6 is 0 Å². The van der Waals surface area contributed by atoms with E-state index >= 15 is 0 Å². The second kappa shape index (κ2) is 8.01. The van der Waals surface area contributed by atoms with Crippen molar-refractivity contribution in [3.63, 3.8) is 0 Å². The van der Waals surface area contributed by atoms with Gasteiger partial charge in [0.25, 0.3) is 0 Å². The van der Waals surface area contributed by atoms with Gasteiger partial charge in [-0.3, -0.25) is 4.98 Å². The minimum atomic E-state index is -0.642. The molecule has 2 aromatic rings. The van der Waals surface area contributed by atoms with Crippen molar-refractivity contribution in [3.8, 4) is 16.9 Å². The summed E-state index contributed by atoms with van der Waals surface area (Å²) in [7, 11) is 0. The Morgan fingerprint density at radius 2 is 1.56 bits per heavy atom. The van der Waals surface area contributed by atoms with E-state index in [4.69, 9.17) is 4.98 Å². The van der Waals surface area contributed by atoms with E-state index in [2.05, 4.69) is 34.6 Å². The first-order valence-electron chi connectivity index (χ1n) is 9.32. The molecule has 0 spiro atoms. The lowest BCUT2D eigenvalue weighted by atomic mass is 9.83. The number of benzene rings is 1. The number of phenolic OH excluding ortho intramolecular Hbond substituents is 1. The van der Waals surface area contributed by atoms with Gasteiger partial charge < -0.3 is 10.2 Å². The van der Waals surface area contributed by atoms with Gasteiger partial charge >= 0.3 is 0 Å². The maximum Gasteiger partial charge on any atom is 0.123 e. The van der Waals surface area contributed by atoms with E-state index in [-0.39, 0.29) is 17.6 Å². The average Bonchev–Trinajstić information content (AvgIpc) is 2.54. The fourth-order valence-corrected chi connectivity index (χ4v) is 3.51. The summed E-state index contributed by atoms with van der Waals surface area (Å²) in [6, 6.07) is 7.40. The number of para-hydroxylation sites is 1. The zero-order chi connectivity index (χ0) is 18.7. The summed E-state index contributed by atoms with van der Waals surface area (Å²) >= 11 is 0. The SMILES string of the molecule is CCCc1c(C(C)C)nc(C(C)C)c(C(C)O)c1-c1ccccc1O. The molecule has 0 aliphatic rings. The molecule has 1 heterocycles. The average molecular weight is 341 g/mol. The molecule has 0 amide bonds. The largest absolute Gasteiger partial charge is 0.507 e. The third kappa shape index (κ3) is 3.87. The number of hydrogen-bond acceptors (Lipinski definition) is 3. The molecule has 0 bridgehead atoms. The maximum absolute atomic E-state index is 10.6. The lowest BCUT2D eigenvalue weighted by Crippen LogP contribution is -2.14. The van der Waals surface area contributed by atoms with Gasteiger partial charge in [0.15, 0.2) is 0 Å². The summed E-state index contributed by atoms with van der Waals surface area (Å²) in [5, 5.41) is 21.1. The predicted octanol–water partition coefficient (Wildman–Crippen LogP) is 5.71. The Bertz CT molecular complexity index is 733. The molecular weight excluding hydrogens is 310 g/mol. The van der Waals surface area contributed by atoms with Crippen LogP contribution in [0, 0.1) is 0 Å². The molecule has 3 heteroatoms. The predicted molar refractivity (Wildman–Crippen MR) is 104 cm³/mol. The van der Waals surface area contributed by atoms with Crippen molar-refractivity contribution >= 4 is 0 Å².